The van der Waals surface area contributed by atoms with Crippen LogP contribution in [0.4, 0.5) is 0 Å². The summed E-state index contributed by atoms with van der Waals surface area (Å²) in [5, 5.41) is 30.4. The van der Waals surface area contributed by atoms with Crippen LogP contribution in [0.5, 0.6) is 0 Å². The van der Waals surface area contributed by atoms with Crippen LogP contribution < -0.4 is 0 Å². The van der Waals surface area contributed by atoms with Crippen LogP contribution in [0.2, 0.25) is 0 Å². The molecule has 0 aromatic heterocycles. The highest BCUT2D eigenvalue weighted by Gasteiger charge is 2.48. The van der Waals surface area contributed by atoms with Gasteiger partial charge in [-0.15, -0.1) is 0 Å². The molecule has 1 heterocycles. The Balaban J connectivity index is 2.54. The Kier molecular flexibility index (Phi) is 26.9. The molecule has 0 aliphatic carbocycles. The number of unbranched alkanes of at least 4 members (excludes halogenated alkanes) is 6. The van der Waals surface area contributed by atoms with E-state index in [-0.39, 0.29) is 19.6 Å². The Labute approximate surface area is 299 Å². The van der Waals surface area contributed by atoms with E-state index in [0.29, 0.717) is 19.4 Å². The van der Waals surface area contributed by atoms with Crippen LogP contribution in [0.25, 0.3) is 0 Å². The Hall–Kier alpha value is -2.20. The van der Waals surface area contributed by atoms with Crippen molar-refractivity contribution in [2.24, 2.45) is 0 Å². The van der Waals surface area contributed by atoms with Crippen molar-refractivity contribution in [2.45, 2.75) is 141 Å². The molecule has 4 N–H and O–H groups in total. The molecular formula is C37H62O12S. The van der Waals surface area contributed by atoms with Crippen molar-refractivity contribution in [3.63, 3.8) is 0 Å². The van der Waals surface area contributed by atoms with Gasteiger partial charge in [0, 0.05) is 13.0 Å². The van der Waals surface area contributed by atoms with Gasteiger partial charge in [-0.2, -0.15) is 8.42 Å². The lowest BCUT2D eigenvalue weighted by molar-refractivity contribution is -0.301. The van der Waals surface area contributed by atoms with Gasteiger partial charge in [0.1, 0.15) is 30.5 Å². The molecule has 0 aromatic carbocycles. The van der Waals surface area contributed by atoms with Crippen LogP contribution >= 0.6 is 0 Å². The topological polar surface area (TPSA) is 178 Å². The third-order valence-electron chi connectivity index (χ3n) is 7.65. The fraction of sp³-hybridized carbons (Fsp3) is 0.703. The maximum Gasteiger partial charge on any atom is 0.397 e. The van der Waals surface area contributed by atoms with Gasteiger partial charge >= 0.3 is 16.4 Å². The van der Waals surface area contributed by atoms with Crippen molar-refractivity contribution in [3.05, 3.63) is 60.8 Å². The molecular weight excluding hydrogens is 668 g/mol. The summed E-state index contributed by atoms with van der Waals surface area (Å²) in [7, 11) is -5.06. The lowest BCUT2D eigenvalue weighted by atomic mass is 9.99. The number of hydrogen-bond acceptors (Lipinski definition) is 11. The van der Waals surface area contributed by atoms with Crippen molar-refractivity contribution in [2.75, 3.05) is 26.4 Å². The Morgan fingerprint density at radius 1 is 0.780 bits per heavy atom. The van der Waals surface area contributed by atoms with Gasteiger partial charge in [0.25, 0.3) is 0 Å². The average molecular weight is 731 g/mol. The predicted molar refractivity (Wildman–Crippen MR) is 193 cm³/mol. The van der Waals surface area contributed by atoms with Crippen molar-refractivity contribution in [1.82, 2.24) is 0 Å². The van der Waals surface area contributed by atoms with Crippen LogP contribution in [0.1, 0.15) is 104 Å². The van der Waals surface area contributed by atoms with Crippen molar-refractivity contribution >= 4 is 16.4 Å². The SMILES string of the molecule is CC/C=C\C/C=C\C/C=C\C/C=C\C/C=C\CCCC(=O)OC(COCCCCCCCC)COC1OC(CO)C(O)C(OS(=O)(=O)O)C1O. The number of aliphatic hydroxyl groups excluding tert-OH is 3. The highest BCUT2D eigenvalue weighted by atomic mass is 32.3. The Morgan fingerprint density at radius 3 is 1.94 bits per heavy atom. The largest absolute Gasteiger partial charge is 0.457 e. The molecule has 0 spiro atoms. The van der Waals surface area contributed by atoms with Gasteiger partial charge in [0.05, 0.1) is 19.8 Å². The first-order valence-corrected chi connectivity index (χ1v) is 19.4. The van der Waals surface area contributed by atoms with Crippen LogP contribution in [0, 0.1) is 0 Å². The first-order chi connectivity index (χ1) is 24.1. The molecule has 1 saturated heterocycles. The molecule has 0 bridgehead atoms. The maximum atomic E-state index is 12.7. The minimum absolute atomic E-state index is 0.00921. The summed E-state index contributed by atoms with van der Waals surface area (Å²) in [5.41, 5.74) is 0. The van der Waals surface area contributed by atoms with E-state index >= 15 is 0 Å². The van der Waals surface area contributed by atoms with E-state index < -0.39 is 59.8 Å². The number of ether oxygens (including phenoxy) is 4. The van der Waals surface area contributed by atoms with Crippen LogP contribution in [0.3, 0.4) is 0 Å². The summed E-state index contributed by atoms with van der Waals surface area (Å²) in [6.07, 6.45) is 24.5. The molecule has 1 rings (SSSR count). The zero-order chi connectivity index (χ0) is 36.9. The van der Waals surface area contributed by atoms with E-state index in [1.54, 1.807) is 0 Å². The number of hydrogen-bond donors (Lipinski definition) is 4. The molecule has 0 saturated carbocycles. The van der Waals surface area contributed by atoms with E-state index in [9.17, 15) is 28.5 Å². The van der Waals surface area contributed by atoms with Crippen LogP contribution in [-0.4, -0.2) is 97.5 Å². The number of aliphatic hydroxyl groups is 3. The third kappa shape index (κ3) is 23.3. The van der Waals surface area contributed by atoms with E-state index in [0.717, 1.165) is 57.8 Å². The van der Waals surface area contributed by atoms with Gasteiger partial charge in [0.2, 0.25) is 0 Å². The second kappa shape index (κ2) is 29.4. The quantitative estimate of drug-likeness (QED) is 0.0313. The van der Waals surface area contributed by atoms with E-state index in [1.807, 2.05) is 6.08 Å². The van der Waals surface area contributed by atoms with Crippen molar-refractivity contribution < 1.29 is 56.2 Å². The summed E-state index contributed by atoms with van der Waals surface area (Å²) >= 11 is 0. The average Bonchev–Trinajstić information content (AvgIpc) is 3.08. The standard InChI is InChI=1S/C37H62O12S/c1-3-5-7-9-11-12-13-14-15-16-17-18-19-20-21-22-24-26-33(39)47-31(29-45-27-25-23-10-8-6-4-2)30-46-37-35(41)36(49-50(42,43)44)34(40)32(28-38)48-37/h5,7,11-12,14-15,17-18,20-21,31-32,34-38,40-41H,3-4,6,8-10,13,16,19,22-30H2,1-2H3,(H,42,43,44)/b7-5-,12-11-,15-14-,18-17-,21-20-. The molecule has 13 heteroatoms. The fourth-order valence-electron chi connectivity index (χ4n) is 4.94. The zero-order valence-electron chi connectivity index (χ0n) is 29.9. The first kappa shape index (κ1) is 45.8. The van der Waals surface area contributed by atoms with Gasteiger partial charge in [-0.05, 0) is 51.4 Å². The lowest BCUT2D eigenvalue weighted by Crippen LogP contribution is -2.60. The molecule has 50 heavy (non-hydrogen) atoms. The van der Waals surface area contributed by atoms with E-state index in [2.05, 4.69) is 72.7 Å². The molecule has 0 radical (unpaired) electrons. The molecule has 288 valence electrons. The van der Waals surface area contributed by atoms with Gasteiger partial charge in [-0.25, -0.2) is 4.18 Å². The zero-order valence-corrected chi connectivity index (χ0v) is 30.7. The van der Waals surface area contributed by atoms with Crippen molar-refractivity contribution in [3.8, 4) is 0 Å². The molecule has 0 aromatic rings. The predicted octanol–water partition coefficient (Wildman–Crippen LogP) is 5.84. The van der Waals surface area contributed by atoms with Gasteiger partial charge < -0.3 is 34.3 Å². The summed E-state index contributed by atoms with van der Waals surface area (Å²) in [6, 6.07) is 0. The third-order valence-corrected chi connectivity index (χ3v) is 8.12. The monoisotopic (exact) mass is 730 g/mol. The molecule has 1 fully saturated rings. The molecule has 1 aliphatic heterocycles. The Bertz CT molecular complexity index is 1120. The first-order valence-electron chi connectivity index (χ1n) is 18.0. The van der Waals surface area contributed by atoms with E-state index in [1.165, 1.54) is 12.8 Å². The van der Waals surface area contributed by atoms with E-state index in [4.69, 9.17) is 23.5 Å². The highest BCUT2D eigenvalue weighted by molar-refractivity contribution is 7.80. The molecule has 6 atom stereocenters. The number of rotatable bonds is 29. The molecule has 1 aliphatic rings. The Morgan fingerprint density at radius 2 is 1.36 bits per heavy atom. The minimum atomic E-state index is -5.06. The number of carbonyl (C=O) groups is 1. The lowest BCUT2D eigenvalue weighted by Gasteiger charge is -2.41. The number of esters is 1. The molecule has 12 nitrogen and oxygen atoms in total. The summed E-state index contributed by atoms with van der Waals surface area (Å²) in [5.74, 6) is -0.463. The second-order valence-electron chi connectivity index (χ2n) is 12.1. The summed E-state index contributed by atoms with van der Waals surface area (Å²) in [6.45, 7) is 3.69. The summed E-state index contributed by atoms with van der Waals surface area (Å²) < 4.78 is 58.4. The number of carbonyl (C=O) groups excluding carboxylic acids is 1. The van der Waals surface area contributed by atoms with Gasteiger partial charge in [0.15, 0.2) is 6.29 Å². The highest BCUT2D eigenvalue weighted by Crippen LogP contribution is 2.26. The maximum absolute atomic E-state index is 12.7. The number of allylic oxidation sites excluding steroid dienone is 10. The molecule has 0 amide bonds. The normalized spacial score (nSPS) is 22.6. The van der Waals surface area contributed by atoms with Gasteiger partial charge in [-0.3, -0.25) is 9.35 Å². The fourth-order valence-corrected chi connectivity index (χ4v) is 5.45. The van der Waals surface area contributed by atoms with Crippen LogP contribution in [0.15, 0.2) is 60.8 Å². The van der Waals surface area contributed by atoms with Crippen molar-refractivity contribution in [1.29, 1.82) is 0 Å². The smallest absolute Gasteiger partial charge is 0.397 e. The van der Waals surface area contributed by atoms with Gasteiger partial charge in [-0.1, -0.05) is 107 Å². The van der Waals surface area contributed by atoms with Crippen LogP contribution in [-0.2, 0) is 38.3 Å². The second-order valence-corrected chi connectivity index (χ2v) is 13.1. The minimum Gasteiger partial charge on any atom is -0.457 e. The summed E-state index contributed by atoms with van der Waals surface area (Å²) in [4.78, 5) is 12.7. The molecule has 6 unspecified atom stereocenters.